The summed E-state index contributed by atoms with van der Waals surface area (Å²) < 4.78 is 13.7. The minimum absolute atomic E-state index is 0.0533. The van der Waals surface area contributed by atoms with Crippen LogP contribution in [0.5, 0.6) is 0 Å². The molecule has 5 nitrogen and oxygen atoms in total. The van der Waals surface area contributed by atoms with E-state index in [1.165, 1.54) is 6.07 Å². The number of piperazine rings is 1. The van der Waals surface area contributed by atoms with Gasteiger partial charge in [-0.15, -0.1) is 0 Å². The zero-order valence-electron chi connectivity index (χ0n) is 11.7. The van der Waals surface area contributed by atoms with Crippen molar-refractivity contribution in [3.63, 3.8) is 0 Å². The van der Waals surface area contributed by atoms with E-state index in [2.05, 4.69) is 5.32 Å². The van der Waals surface area contributed by atoms with Crippen LogP contribution in [0.25, 0.3) is 0 Å². The lowest BCUT2D eigenvalue weighted by atomic mass is 10.0. The number of nitrogens with zero attached hydrogens (tertiary/aromatic N) is 1. The van der Waals surface area contributed by atoms with E-state index >= 15 is 0 Å². The molecule has 0 spiro atoms. The fourth-order valence-electron chi connectivity index (χ4n) is 2.30. The first-order valence-electron chi connectivity index (χ1n) is 6.47. The molecule has 1 aliphatic heterocycles. The van der Waals surface area contributed by atoms with Gasteiger partial charge in [-0.2, -0.15) is 0 Å². The number of nitrogens with two attached hydrogens (primary N) is 1. The van der Waals surface area contributed by atoms with E-state index in [4.69, 9.17) is 5.73 Å². The Hall–Kier alpha value is -1.95. The van der Waals surface area contributed by atoms with Crippen LogP contribution < -0.4 is 16.0 Å². The molecule has 2 amide bonds. The van der Waals surface area contributed by atoms with Crippen molar-refractivity contribution in [3.05, 3.63) is 29.1 Å². The Kier molecular flexibility index (Phi) is 3.76. The molecule has 3 N–H and O–H groups in total. The van der Waals surface area contributed by atoms with Gasteiger partial charge in [0, 0.05) is 11.7 Å². The normalized spacial score (nSPS) is 20.9. The third-order valence-corrected chi connectivity index (χ3v) is 3.53. The second-order valence-corrected chi connectivity index (χ2v) is 5.17. The monoisotopic (exact) mass is 279 g/mol. The average molecular weight is 279 g/mol. The summed E-state index contributed by atoms with van der Waals surface area (Å²) in [5.74, 6) is -1.08. The first-order valence-corrected chi connectivity index (χ1v) is 6.47. The summed E-state index contributed by atoms with van der Waals surface area (Å²) in [6.45, 7) is 5.13. The van der Waals surface area contributed by atoms with Crippen molar-refractivity contribution in [1.29, 1.82) is 0 Å². The number of imide groups is 1. The first-order chi connectivity index (χ1) is 9.31. The molecular weight excluding hydrogens is 261 g/mol. The molecule has 1 aliphatic rings. The standard InChI is InChI=1S/C14H18FN3O2/c1-7-4-12(10(8(2)16)5-11(7)15)18-6-13(19)17-14(20)9(18)3/h4-5,8-9H,6,16H2,1-3H3,(H,17,19,20). The minimum Gasteiger partial charge on any atom is -0.350 e. The number of aryl methyl sites for hydroxylation is 1. The number of rotatable bonds is 2. The third-order valence-electron chi connectivity index (χ3n) is 3.53. The van der Waals surface area contributed by atoms with Gasteiger partial charge in [-0.25, -0.2) is 4.39 Å². The van der Waals surface area contributed by atoms with Gasteiger partial charge in [0.25, 0.3) is 0 Å². The Morgan fingerprint density at radius 1 is 1.45 bits per heavy atom. The Morgan fingerprint density at radius 3 is 2.70 bits per heavy atom. The SMILES string of the molecule is Cc1cc(N2CC(=O)NC(=O)C2C)c(C(C)N)cc1F. The molecule has 108 valence electrons. The molecule has 1 saturated heterocycles. The number of anilines is 1. The number of benzene rings is 1. The zero-order chi connectivity index (χ0) is 15.0. The lowest BCUT2D eigenvalue weighted by Crippen LogP contribution is -2.57. The number of hydrogen-bond acceptors (Lipinski definition) is 4. The average Bonchev–Trinajstić information content (AvgIpc) is 2.36. The van der Waals surface area contributed by atoms with Gasteiger partial charge in [0.1, 0.15) is 11.9 Å². The van der Waals surface area contributed by atoms with Gasteiger partial charge in [-0.3, -0.25) is 14.9 Å². The Bertz CT molecular complexity index is 572. The molecular formula is C14H18FN3O2. The van der Waals surface area contributed by atoms with E-state index in [1.54, 1.807) is 31.7 Å². The minimum atomic E-state index is -0.505. The van der Waals surface area contributed by atoms with Gasteiger partial charge in [-0.1, -0.05) is 0 Å². The van der Waals surface area contributed by atoms with Crippen LogP contribution in [-0.2, 0) is 9.59 Å². The summed E-state index contributed by atoms with van der Waals surface area (Å²) in [6, 6.07) is 2.11. The van der Waals surface area contributed by atoms with Crippen LogP contribution in [-0.4, -0.2) is 24.4 Å². The van der Waals surface area contributed by atoms with E-state index in [-0.39, 0.29) is 24.2 Å². The van der Waals surface area contributed by atoms with Crippen molar-refractivity contribution in [3.8, 4) is 0 Å². The summed E-state index contributed by atoms with van der Waals surface area (Å²) >= 11 is 0. The smallest absolute Gasteiger partial charge is 0.249 e. The van der Waals surface area contributed by atoms with Gasteiger partial charge in [0.05, 0.1) is 6.54 Å². The van der Waals surface area contributed by atoms with E-state index in [1.807, 2.05) is 0 Å². The Labute approximate surface area is 116 Å². The molecule has 20 heavy (non-hydrogen) atoms. The van der Waals surface area contributed by atoms with Crippen molar-refractivity contribution in [2.45, 2.75) is 32.9 Å². The van der Waals surface area contributed by atoms with Crippen LogP contribution in [0.3, 0.4) is 0 Å². The van der Waals surface area contributed by atoms with Gasteiger partial charge >= 0.3 is 0 Å². The fraction of sp³-hybridized carbons (Fsp3) is 0.429. The maximum atomic E-state index is 13.7. The predicted octanol–water partition coefficient (Wildman–Crippen LogP) is 1.01. The molecule has 2 atom stereocenters. The Morgan fingerprint density at radius 2 is 2.10 bits per heavy atom. The van der Waals surface area contributed by atoms with Crippen LogP contribution in [0.2, 0.25) is 0 Å². The van der Waals surface area contributed by atoms with Crippen LogP contribution in [0.4, 0.5) is 10.1 Å². The molecule has 1 aromatic rings. The number of nitrogens with one attached hydrogen (secondary N) is 1. The number of halogens is 1. The topological polar surface area (TPSA) is 75.4 Å². The van der Waals surface area contributed by atoms with Gasteiger partial charge in [0.15, 0.2) is 0 Å². The summed E-state index contributed by atoms with van der Waals surface area (Å²) in [5.41, 5.74) is 7.55. The molecule has 1 aromatic carbocycles. The highest BCUT2D eigenvalue weighted by molar-refractivity contribution is 6.04. The maximum Gasteiger partial charge on any atom is 0.249 e. The predicted molar refractivity (Wildman–Crippen MR) is 73.7 cm³/mol. The van der Waals surface area contributed by atoms with Crippen LogP contribution in [0.1, 0.15) is 31.0 Å². The second kappa shape index (κ2) is 5.20. The number of hydrogen-bond donors (Lipinski definition) is 2. The summed E-state index contributed by atoms with van der Waals surface area (Å²) in [5, 5.41) is 2.28. The molecule has 1 heterocycles. The largest absolute Gasteiger partial charge is 0.350 e. The van der Waals surface area contributed by atoms with Crippen molar-refractivity contribution in [2.75, 3.05) is 11.4 Å². The van der Waals surface area contributed by atoms with Gasteiger partial charge in [0.2, 0.25) is 11.8 Å². The molecule has 2 unspecified atom stereocenters. The molecule has 0 aliphatic carbocycles. The Balaban J connectivity index is 2.52. The highest BCUT2D eigenvalue weighted by Gasteiger charge is 2.32. The first kappa shape index (κ1) is 14.5. The number of carbonyl (C=O) groups is 2. The van der Waals surface area contributed by atoms with Gasteiger partial charge in [-0.05, 0) is 44.0 Å². The zero-order valence-corrected chi connectivity index (χ0v) is 11.7. The number of carbonyl (C=O) groups excluding carboxylic acids is 2. The highest BCUT2D eigenvalue weighted by Crippen LogP contribution is 2.30. The molecule has 6 heteroatoms. The van der Waals surface area contributed by atoms with Crippen LogP contribution >= 0.6 is 0 Å². The van der Waals surface area contributed by atoms with E-state index in [9.17, 15) is 14.0 Å². The molecule has 0 aromatic heterocycles. The van der Waals surface area contributed by atoms with Crippen molar-refractivity contribution in [1.82, 2.24) is 5.32 Å². The van der Waals surface area contributed by atoms with Gasteiger partial charge < -0.3 is 10.6 Å². The highest BCUT2D eigenvalue weighted by atomic mass is 19.1. The van der Waals surface area contributed by atoms with Crippen molar-refractivity contribution in [2.24, 2.45) is 5.73 Å². The van der Waals surface area contributed by atoms with Crippen molar-refractivity contribution < 1.29 is 14.0 Å². The lowest BCUT2D eigenvalue weighted by molar-refractivity contribution is -0.132. The molecule has 0 bridgehead atoms. The summed E-state index contributed by atoms with van der Waals surface area (Å²) in [7, 11) is 0. The third kappa shape index (κ3) is 2.51. The quantitative estimate of drug-likeness (QED) is 0.792. The summed E-state index contributed by atoms with van der Waals surface area (Å²) in [6.07, 6.45) is 0. The van der Waals surface area contributed by atoms with E-state index in [0.29, 0.717) is 16.8 Å². The molecule has 0 radical (unpaired) electrons. The fourth-order valence-corrected chi connectivity index (χ4v) is 2.30. The molecule has 0 saturated carbocycles. The van der Waals surface area contributed by atoms with Crippen LogP contribution in [0, 0.1) is 12.7 Å². The van der Waals surface area contributed by atoms with E-state index in [0.717, 1.165) is 0 Å². The second-order valence-electron chi connectivity index (χ2n) is 5.17. The molecule has 1 fully saturated rings. The molecule has 2 rings (SSSR count). The number of amides is 2. The van der Waals surface area contributed by atoms with E-state index < -0.39 is 12.1 Å². The lowest BCUT2D eigenvalue weighted by Gasteiger charge is -2.35. The van der Waals surface area contributed by atoms with Crippen LogP contribution in [0.15, 0.2) is 12.1 Å². The van der Waals surface area contributed by atoms with Crippen molar-refractivity contribution >= 4 is 17.5 Å². The summed E-state index contributed by atoms with van der Waals surface area (Å²) in [4.78, 5) is 25.0. The maximum absolute atomic E-state index is 13.7.